The van der Waals surface area contributed by atoms with Crippen molar-refractivity contribution in [1.29, 1.82) is 0 Å². The van der Waals surface area contributed by atoms with E-state index in [1.165, 1.54) is 13.2 Å². The largest absolute Gasteiger partial charge is 0.493 e. The molecule has 5 heteroatoms. The van der Waals surface area contributed by atoms with Crippen molar-refractivity contribution in [1.82, 2.24) is 0 Å². The summed E-state index contributed by atoms with van der Waals surface area (Å²) in [6.45, 7) is -0.101. The molecule has 1 rings (SSSR count). The highest BCUT2D eigenvalue weighted by Gasteiger charge is 2.19. The lowest BCUT2D eigenvalue weighted by atomic mass is 9.99. The van der Waals surface area contributed by atoms with Gasteiger partial charge in [-0.05, 0) is 6.07 Å². The first-order valence-corrected chi connectivity index (χ1v) is 4.48. The molecule has 1 atom stereocenters. The van der Waals surface area contributed by atoms with Crippen LogP contribution in [0.15, 0.2) is 12.1 Å². The number of rotatable bonds is 4. The molecule has 3 nitrogen and oxygen atoms in total. The van der Waals surface area contributed by atoms with E-state index in [2.05, 4.69) is 0 Å². The van der Waals surface area contributed by atoms with E-state index < -0.39 is 17.6 Å². The average molecular weight is 217 g/mol. The lowest BCUT2D eigenvalue weighted by molar-refractivity contribution is 0.262. The summed E-state index contributed by atoms with van der Waals surface area (Å²) in [7, 11) is 1.24. The van der Waals surface area contributed by atoms with Crippen molar-refractivity contribution in [3.05, 3.63) is 29.3 Å². The maximum Gasteiger partial charge on any atom is 0.200 e. The second-order valence-electron chi connectivity index (χ2n) is 3.10. The van der Waals surface area contributed by atoms with Gasteiger partial charge in [0.15, 0.2) is 11.6 Å². The SMILES string of the molecule is COc1c(C(CN)CO)ccc(F)c1F. The molecule has 3 N–H and O–H groups in total. The summed E-state index contributed by atoms with van der Waals surface area (Å²) in [4.78, 5) is 0. The van der Waals surface area contributed by atoms with Crippen molar-refractivity contribution in [2.45, 2.75) is 5.92 Å². The third-order valence-electron chi connectivity index (χ3n) is 2.23. The van der Waals surface area contributed by atoms with Gasteiger partial charge in [0.25, 0.3) is 0 Å². The minimum absolute atomic E-state index is 0.137. The molecular weight excluding hydrogens is 204 g/mol. The van der Waals surface area contributed by atoms with Gasteiger partial charge in [-0.15, -0.1) is 0 Å². The number of halogens is 2. The highest BCUT2D eigenvalue weighted by Crippen LogP contribution is 2.30. The Morgan fingerprint density at radius 1 is 1.47 bits per heavy atom. The predicted octanol–water partition coefficient (Wildman–Crippen LogP) is 1.01. The highest BCUT2D eigenvalue weighted by molar-refractivity contribution is 5.38. The van der Waals surface area contributed by atoms with Gasteiger partial charge in [0.2, 0.25) is 5.82 Å². The first-order valence-electron chi connectivity index (χ1n) is 4.48. The second kappa shape index (κ2) is 5.04. The summed E-state index contributed by atoms with van der Waals surface area (Å²) in [6.07, 6.45) is 0. The third kappa shape index (κ3) is 2.24. The van der Waals surface area contributed by atoms with Gasteiger partial charge in [-0.2, -0.15) is 4.39 Å². The van der Waals surface area contributed by atoms with E-state index in [9.17, 15) is 8.78 Å². The quantitative estimate of drug-likeness (QED) is 0.791. The van der Waals surface area contributed by atoms with Crippen molar-refractivity contribution < 1.29 is 18.6 Å². The topological polar surface area (TPSA) is 55.5 Å². The zero-order valence-corrected chi connectivity index (χ0v) is 8.34. The van der Waals surface area contributed by atoms with Gasteiger partial charge >= 0.3 is 0 Å². The number of aliphatic hydroxyl groups excluding tert-OH is 1. The molecule has 0 aromatic heterocycles. The van der Waals surface area contributed by atoms with Crippen molar-refractivity contribution in [2.24, 2.45) is 5.73 Å². The molecule has 1 unspecified atom stereocenters. The number of methoxy groups -OCH3 is 1. The summed E-state index contributed by atoms with van der Waals surface area (Å²) in [5.74, 6) is -2.68. The second-order valence-corrected chi connectivity index (χ2v) is 3.10. The summed E-state index contributed by atoms with van der Waals surface area (Å²) in [6, 6.07) is 2.36. The van der Waals surface area contributed by atoms with Gasteiger partial charge in [0, 0.05) is 18.0 Å². The summed E-state index contributed by atoms with van der Waals surface area (Å²) >= 11 is 0. The molecule has 15 heavy (non-hydrogen) atoms. The molecule has 0 amide bonds. The van der Waals surface area contributed by atoms with Crippen LogP contribution in [0.5, 0.6) is 5.75 Å². The van der Waals surface area contributed by atoms with Crippen LogP contribution >= 0.6 is 0 Å². The van der Waals surface area contributed by atoms with Crippen LogP contribution in [0.2, 0.25) is 0 Å². The van der Waals surface area contributed by atoms with Crippen LogP contribution in [0, 0.1) is 11.6 Å². The monoisotopic (exact) mass is 217 g/mol. The number of hydrogen-bond acceptors (Lipinski definition) is 3. The van der Waals surface area contributed by atoms with Crippen LogP contribution in [0.4, 0.5) is 8.78 Å². The van der Waals surface area contributed by atoms with E-state index in [4.69, 9.17) is 15.6 Å². The Bertz CT molecular complexity index is 340. The fourth-order valence-corrected chi connectivity index (χ4v) is 1.38. The van der Waals surface area contributed by atoms with Gasteiger partial charge in [0.05, 0.1) is 13.7 Å². The number of hydrogen-bond donors (Lipinski definition) is 2. The highest BCUT2D eigenvalue weighted by atomic mass is 19.2. The zero-order valence-electron chi connectivity index (χ0n) is 8.34. The van der Waals surface area contributed by atoms with Gasteiger partial charge in [0.1, 0.15) is 0 Å². The van der Waals surface area contributed by atoms with Gasteiger partial charge in [-0.25, -0.2) is 4.39 Å². The fourth-order valence-electron chi connectivity index (χ4n) is 1.38. The maximum atomic E-state index is 13.3. The maximum absolute atomic E-state index is 13.3. The molecule has 0 aliphatic heterocycles. The molecule has 0 saturated carbocycles. The molecule has 0 bridgehead atoms. The summed E-state index contributed by atoms with van der Waals surface area (Å²) in [5.41, 5.74) is 5.77. The molecule has 0 spiro atoms. The molecule has 0 aliphatic rings. The Morgan fingerprint density at radius 3 is 2.60 bits per heavy atom. The molecule has 0 fully saturated rings. The normalized spacial score (nSPS) is 12.6. The van der Waals surface area contributed by atoms with Crippen molar-refractivity contribution in [2.75, 3.05) is 20.3 Å². The zero-order chi connectivity index (χ0) is 11.4. The lowest BCUT2D eigenvalue weighted by Crippen LogP contribution is -2.17. The van der Waals surface area contributed by atoms with Crippen LogP contribution in [-0.4, -0.2) is 25.4 Å². The Morgan fingerprint density at radius 2 is 2.13 bits per heavy atom. The minimum atomic E-state index is -1.05. The van der Waals surface area contributed by atoms with E-state index in [0.717, 1.165) is 6.07 Å². The van der Waals surface area contributed by atoms with Gasteiger partial charge in [-0.3, -0.25) is 0 Å². The standard InChI is InChI=1S/C10H13F2NO2/c1-15-10-7(6(4-13)5-14)2-3-8(11)9(10)12/h2-3,6,14H,4-5,13H2,1H3. The number of ether oxygens (including phenoxy) is 1. The summed E-state index contributed by atoms with van der Waals surface area (Å²) < 4.78 is 30.9. The van der Waals surface area contributed by atoms with Crippen LogP contribution in [0.25, 0.3) is 0 Å². The molecule has 1 aromatic rings. The molecule has 0 radical (unpaired) electrons. The molecule has 84 valence electrons. The number of benzene rings is 1. The molecule has 0 saturated heterocycles. The van der Waals surface area contributed by atoms with Crippen LogP contribution < -0.4 is 10.5 Å². The van der Waals surface area contributed by atoms with Crippen LogP contribution in [0.3, 0.4) is 0 Å². The van der Waals surface area contributed by atoms with E-state index in [1.54, 1.807) is 0 Å². The molecule has 0 heterocycles. The van der Waals surface area contributed by atoms with Gasteiger partial charge in [-0.1, -0.05) is 6.07 Å². The van der Waals surface area contributed by atoms with Gasteiger partial charge < -0.3 is 15.6 Å². The Labute approximate surface area is 86.5 Å². The predicted molar refractivity (Wildman–Crippen MR) is 51.8 cm³/mol. The smallest absolute Gasteiger partial charge is 0.200 e. The molecule has 1 aromatic carbocycles. The first-order chi connectivity index (χ1) is 7.15. The lowest BCUT2D eigenvalue weighted by Gasteiger charge is -2.16. The molecule has 0 aliphatic carbocycles. The van der Waals surface area contributed by atoms with E-state index in [0.29, 0.717) is 5.56 Å². The van der Waals surface area contributed by atoms with Crippen LogP contribution in [0.1, 0.15) is 11.5 Å². The van der Waals surface area contributed by atoms with E-state index >= 15 is 0 Å². The van der Waals surface area contributed by atoms with Crippen molar-refractivity contribution >= 4 is 0 Å². The average Bonchev–Trinajstić information content (AvgIpc) is 2.25. The Hall–Kier alpha value is -1.20. The minimum Gasteiger partial charge on any atom is -0.493 e. The molecular formula is C10H13F2NO2. The number of aliphatic hydroxyl groups is 1. The van der Waals surface area contributed by atoms with E-state index in [-0.39, 0.29) is 18.9 Å². The Kier molecular flexibility index (Phi) is 3.99. The summed E-state index contributed by atoms with van der Waals surface area (Å²) in [5, 5.41) is 9.01. The van der Waals surface area contributed by atoms with Crippen LogP contribution in [-0.2, 0) is 0 Å². The first kappa shape index (κ1) is 11.9. The third-order valence-corrected chi connectivity index (χ3v) is 2.23. The van der Waals surface area contributed by atoms with Crippen molar-refractivity contribution in [3.8, 4) is 5.75 Å². The Balaban J connectivity index is 3.23. The number of nitrogens with two attached hydrogens (primary N) is 1. The van der Waals surface area contributed by atoms with Crippen molar-refractivity contribution in [3.63, 3.8) is 0 Å². The van der Waals surface area contributed by atoms with E-state index in [1.807, 2.05) is 0 Å². The fraction of sp³-hybridized carbons (Fsp3) is 0.400.